The van der Waals surface area contributed by atoms with Crippen molar-refractivity contribution in [1.29, 1.82) is 5.26 Å². The maximum absolute atomic E-state index is 13.4. The van der Waals surface area contributed by atoms with E-state index in [0.717, 1.165) is 5.56 Å². The molecule has 5 nitrogen and oxygen atoms in total. The van der Waals surface area contributed by atoms with E-state index >= 15 is 0 Å². The Labute approximate surface area is 151 Å². The SMILES string of the molecule is COc1ccc([C@]2(C#N)C(=O)N3CCN=C3C=C2c2ccccc2)cc1. The van der Waals surface area contributed by atoms with Crippen LogP contribution in [0.15, 0.2) is 65.7 Å². The molecular weight excluding hydrogens is 326 g/mol. The van der Waals surface area contributed by atoms with Crippen LogP contribution in [0.4, 0.5) is 0 Å². The van der Waals surface area contributed by atoms with E-state index in [0.29, 0.717) is 35.8 Å². The van der Waals surface area contributed by atoms with Crippen LogP contribution in [0.5, 0.6) is 5.75 Å². The molecule has 0 saturated heterocycles. The molecule has 2 aliphatic heterocycles. The molecule has 2 aliphatic rings. The normalized spacial score (nSPS) is 21.5. The van der Waals surface area contributed by atoms with E-state index < -0.39 is 5.41 Å². The third kappa shape index (κ3) is 2.23. The smallest absolute Gasteiger partial charge is 0.257 e. The van der Waals surface area contributed by atoms with E-state index in [-0.39, 0.29) is 5.91 Å². The number of methoxy groups -OCH3 is 1. The summed E-state index contributed by atoms with van der Waals surface area (Å²) in [7, 11) is 1.59. The fourth-order valence-corrected chi connectivity index (χ4v) is 3.56. The number of nitrogens with zero attached hydrogens (tertiary/aromatic N) is 3. The average molecular weight is 343 g/mol. The van der Waals surface area contributed by atoms with Crippen LogP contribution in [-0.2, 0) is 10.2 Å². The van der Waals surface area contributed by atoms with E-state index in [4.69, 9.17) is 4.74 Å². The van der Waals surface area contributed by atoms with E-state index in [1.165, 1.54) is 0 Å². The summed E-state index contributed by atoms with van der Waals surface area (Å²) < 4.78 is 5.22. The molecule has 26 heavy (non-hydrogen) atoms. The van der Waals surface area contributed by atoms with Crippen LogP contribution in [0.25, 0.3) is 5.57 Å². The zero-order valence-electron chi connectivity index (χ0n) is 14.3. The summed E-state index contributed by atoms with van der Waals surface area (Å²) in [5.74, 6) is 1.06. The van der Waals surface area contributed by atoms with Crippen molar-refractivity contribution in [3.8, 4) is 11.8 Å². The summed E-state index contributed by atoms with van der Waals surface area (Å²) in [5.41, 5.74) is 0.726. The highest BCUT2D eigenvalue weighted by atomic mass is 16.5. The van der Waals surface area contributed by atoms with Gasteiger partial charge in [0.25, 0.3) is 5.91 Å². The van der Waals surface area contributed by atoms with Gasteiger partial charge in [-0.3, -0.25) is 14.7 Å². The summed E-state index contributed by atoms with van der Waals surface area (Å²) in [4.78, 5) is 19.5. The molecule has 0 fully saturated rings. The molecule has 0 radical (unpaired) electrons. The lowest BCUT2D eigenvalue weighted by atomic mass is 9.69. The van der Waals surface area contributed by atoms with Gasteiger partial charge in [0.1, 0.15) is 11.6 Å². The molecule has 0 aliphatic carbocycles. The topological polar surface area (TPSA) is 65.7 Å². The lowest BCUT2D eigenvalue weighted by Gasteiger charge is -2.37. The number of carbonyl (C=O) groups is 1. The first kappa shape index (κ1) is 16.1. The summed E-state index contributed by atoms with van der Waals surface area (Å²) in [6.07, 6.45) is 1.87. The van der Waals surface area contributed by atoms with Gasteiger partial charge >= 0.3 is 0 Å². The second-order valence-electron chi connectivity index (χ2n) is 6.21. The van der Waals surface area contributed by atoms with Gasteiger partial charge in [-0.25, -0.2) is 0 Å². The van der Waals surface area contributed by atoms with E-state index in [1.807, 2.05) is 36.4 Å². The van der Waals surface area contributed by atoms with Crippen molar-refractivity contribution in [3.63, 3.8) is 0 Å². The number of ether oxygens (including phenoxy) is 1. The predicted octanol–water partition coefficient (Wildman–Crippen LogP) is 2.79. The molecular formula is C21H17N3O2. The van der Waals surface area contributed by atoms with E-state index in [1.54, 1.807) is 36.3 Å². The molecule has 128 valence electrons. The van der Waals surface area contributed by atoms with Gasteiger partial charge in [-0.05, 0) is 34.9 Å². The Bertz CT molecular complexity index is 955. The van der Waals surface area contributed by atoms with Gasteiger partial charge in [-0.2, -0.15) is 5.26 Å². The van der Waals surface area contributed by atoms with Crippen molar-refractivity contribution in [2.45, 2.75) is 5.41 Å². The molecule has 2 aromatic rings. The molecule has 0 N–H and O–H groups in total. The van der Waals surface area contributed by atoms with Gasteiger partial charge in [-0.1, -0.05) is 42.5 Å². The zero-order chi connectivity index (χ0) is 18.1. The summed E-state index contributed by atoms with van der Waals surface area (Å²) in [5, 5.41) is 10.2. The van der Waals surface area contributed by atoms with Crippen molar-refractivity contribution < 1.29 is 9.53 Å². The van der Waals surface area contributed by atoms with Crippen molar-refractivity contribution >= 4 is 17.3 Å². The quantitative estimate of drug-likeness (QED) is 0.861. The Morgan fingerprint density at radius 2 is 1.88 bits per heavy atom. The number of fused-ring (bicyclic) bond motifs is 1. The Hall–Kier alpha value is -3.39. The Morgan fingerprint density at radius 3 is 2.54 bits per heavy atom. The summed E-state index contributed by atoms with van der Waals surface area (Å²) in [6.45, 7) is 1.07. The zero-order valence-corrected chi connectivity index (χ0v) is 14.3. The van der Waals surface area contributed by atoms with Crippen molar-refractivity contribution in [2.75, 3.05) is 20.2 Å². The number of carbonyl (C=O) groups excluding carboxylic acids is 1. The number of amidine groups is 1. The van der Waals surface area contributed by atoms with Crippen LogP contribution in [0.2, 0.25) is 0 Å². The number of hydrogen-bond donors (Lipinski definition) is 0. The fourth-order valence-electron chi connectivity index (χ4n) is 3.56. The number of aliphatic imine (C=N–C) groups is 1. The molecule has 2 heterocycles. The third-order valence-electron chi connectivity index (χ3n) is 4.89. The number of nitriles is 1. The highest BCUT2D eigenvalue weighted by Gasteiger charge is 2.51. The van der Waals surface area contributed by atoms with Gasteiger partial charge in [0.15, 0.2) is 5.41 Å². The maximum Gasteiger partial charge on any atom is 0.257 e. The predicted molar refractivity (Wildman–Crippen MR) is 98.7 cm³/mol. The van der Waals surface area contributed by atoms with Crippen LogP contribution in [-0.4, -0.2) is 36.8 Å². The molecule has 0 saturated carbocycles. The van der Waals surface area contributed by atoms with Gasteiger partial charge in [0.05, 0.1) is 19.7 Å². The van der Waals surface area contributed by atoms with Crippen LogP contribution in [0.3, 0.4) is 0 Å². The summed E-state index contributed by atoms with van der Waals surface area (Å²) >= 11 is 0. The highest BCUT2D eigenvalue weighted by molar-refractivity contribution is 6.22. The number of benzene rings is 2. The van der Waals surface area contributed by atoms with Crippen molar-refractivity contribution in [3.05, 3.63) is 71.8 Å². The lowest BCUT2D eigenvalue weighted by Crippen LogP contribution is -2.51. The van der Waals surface area contributed by atoms with Crippen LogP contribution in [0, 0.1) is 11.3 Å². The molecule has 0 bridgehead atoms. The minimum atomic E-state index is -1.41. The molecule has 0 spiro atoms. The molecule has 1 amide bonds. The number of rotatable bonds is 3. The second-order valence-corrected chi connectivity index (χ2v) is 6.21. The van der Waals surface area contributed by atoms with Gasteiger partial charge in [0, 0.05) is 6.54 Å². The van der Waals surface area contributed by atoms with Crippen molar-refractivity contribution in [1.82, 2.24) is 4.90 Å². The van der Waals surface area contributed by atoms with E-state index in [9.17, 15) is 10.1 Å². The Kier molecular flexibility index (Phi) is 3.81. The lowest BCUT2D eigenvalue weighted by molar-refractivity contribution is -0.129. The first-order valence-corrected chi connectivity index (χ1v) is 8.40. The van der Waals surface area contributed by atoms with Crippen LogP contribution >= 0.6 is 0 Å². The molecule has 4 rings (SSSR count). The minimum Gasteiger partial charge on any atom is -0.497 e. The Balaban J connectivity index is 1.97. The van der Waals surface area contributed by atoms with E-state index in [2.05, 4.69) is 11.1 Å². The third-order valence-corrected chi connectivity index (χ3v) is 4.89. The Morgan fingerprint density at radius 1 is 1.15 bits per heavy atom. The van der Waals surface area contributed by atoms with Crippen LogP contribution in [0.1, 0.15) is 11.1 Å². The summed E-state index contributed by atoms with van der Waals surface area (Å²) in [6, 6.07) is 19.0. The highest BCUT2D eigenvalue weighted by Crippen LogP contribution is 2.43. The molecule has 0 aromatic heterocycles. The number of hydrogen-bond acceptors (Lipinski definition) is 4. The first-order valence-electron chi connectivity index (χ1n) is 8.40. The average Bonchev–Trinajstić information content (AvgIpc) is 3.18. The standard InChI is InChI=1S/C21H17N3O2/c1-26-17-9-7-16(8-10-17)21(14-22)18(15-5-3-2-4-6-15)13-19-23-11-12-24(19)20(21)25/h2-10,13H,11-12H2,1H3/t21-/m0/s1. The molecule has 5 heteroatoms. The molecule has 2 aromatic carbocycles. The van der Waals surface area contributed by atoms with Crippen molar-refractivity contribution in [2.24, 2.45) is 4.99 Å². The largest absolute Gasteiger partial charge is 0.497 e. The maximum atomic E-state index is 13.4. The van der Waals surface area contributed by atoms with Crippen LogP contribution < -0.4 is 4.74 Å². The monoisotopic (exact) mass is 343 g/mol. The molecule has 1 atom stereocenters. The molecule has 0 unspecified atom stereocenters. The van der Waals surface area contributed by atoms with Gasteiger partial charge in [-0.15, -0.1) is 0 Å². The van der Waals surface area contributed by atoms with Gasteiger partial charge in [0.2, 0.25) is 0 Å². The first-order chi connectivity index (χ1) is 12.7. The second kappa shape index (κ2) is 6.16. The minimum absolute atomic E-state index is 0.247. The van der Waals surface area contributed by atoms with Gasteiger partial charge < -0.3 is 4.74 Å². The fraction of sp³-hybridized carbons (Fsp3) is 0.190. The number of amides is 1.